The second-order valence-electron chi connectivity index (χ2n) is 7.53. The molecule has 7 heteroatoms. The summed E-state index contributed by atoms with van der Waals surface area (Å²) in [5.41, 5.74) is 2.75. The maximum atomic E-state index is 11.2. The molecular formula is C21H23N5O2. The lowest BCUT2D eigenvalue weighted by Gasteiger charge is -2.21. The zero-order chi connectivity index (χ0) is 20.3. The molecule has 0 aliphatic rings. The average molecular weight is 377 g/mol. The highest BCUT2D eigenvalue weighted by Gasteiger charge is 2.16. The number of nitrogens with one attached hydrogen (secondary N) is 2. The fraction of sp³-hybridized carbons (Fsp3) is 0.238. The highest BCUT2D eigenvalue weighted by Crippen LogP contribution is 2.29. The summed E-state index contributed by atoms with van der Waals surface area (Å²) < 4.78 is 0. The van der Waals surface area contributed by atoms with Crippen LogP contribution in [0.5, 0.6) is 0 Å². The number of nitro benzene ring substituents is 1. The molecule has 2 N–H and O–H groups in total. The third-order valence-electron chi connectivity index (χ3n) is 4.05. The molecule has 0 radical (unpaired) electrons. The second-order valence-corrected chi connectivity index (χ2v) is 7.53. The Labute approximate surface area is 164 Å². The molecule has 3 aromatic rings. The molecule has 1 aromatic heterocycles. The summed E-state index contributed by atoms with van der Waals surface area (Å²) in [6.07, 6.45) is 0. The van der Waals surface area contributed by atoms with Crippen LogP contribution in [0.3, 0.4) is 0 Å². The maximum Gasteiger partial charge on any atom is 0.274 e. The zero-order valence-electron chi connectivity index (χ0n) is 16.4. The van der Waals surface area contributed by atoms with Gasteiger partial charge in [-0.15, -0.1) is 0 Å². The number of anilines is 3. The predicted molar refractivity (Wildman–Crippen MR) is 112 cm³/mol. The van der Waals surface area contributed by atoms with Crippen LogP contribution in [0.2, 0.25) is 0 Å². The van der Waals surface area contributed by atoms with Gasteiger partial charge in [0.25, 0.3) is 5.69 Å². The van der Waals surface area contributed by atoms with Gasteiger partial charge < -0.3 is 10.6 Å². The van der Waals surface area contributed by atoms with Crippen LogP contribution in [0.15, 0.2) is 54.6 Å². The number of benzene rings is 2. The third-order valence-corrected chi connectivity index (χ3v) is 4.05. The number of rotatable bonds is 5. The number of nitrogens with zero attached hydrogens (tertiary/aromatic N) is 3. The van der Waals surface area contributed by atoms with Crippen molar-refractivity contribution in [1.82, 2.24) is 9.97 Å². The lowest BCUT2D eigenvalue weighted by Crippen LogP contribution is -2.27. The van der Waals surface area contributed by atoms with Crippen LogP contribution in [0.25, 0.3) is 11.3 Å². The van der Waals surface area contributed by atoms with Gasteiger partial charge in [-0.2, -0.15) is 4.98 Å². The molecule has 1 heterocycles. The van der Waals surface area contributed by atoms with E-state index in [2.05, 4.69) is 20.6 Å². The highest BCUT2D eigenvalue weighted by molar-refractivity contribution is 5.70. The molecule has 0 saturated carbocycles. The first-order valence-corrected chi connectivity index (χ1v) is 8.97. The summed E-state index contributed by atoms with van der Waals surface area (Å²) in [5.74, 6) is 1.05. The summed E-state index contributed by atoms with van der Waals surface area (Å²) in [6, 6.07) is 16.6. The minimum atomic E-state index is -0.386. The van der Waals surface area contributed by atoms with E-state index in [1.54, 1.807) is 19.1 Å². The first-order valence-electron chi connectivity index (χ1n) is 8.97. The molecule has 0 amide bonds. The Morgan fingerprint density at radius 3 is 2.36 bits per heavy atom. The molecule has 0 bridgehead atoms. The van der Waals surface area contributed by atoms with E-state index in [-0.39, 0.29) is 16.1 Å². The van der Waals surface area contributed by atoms with Crippen molar-refractivity contribution >= 4 is 23.1 Å². The van der Waals surface area contributed by atoms with E-state index in [9.17, 15) is 10.1 Å². The van der Waals surface area contributed by atoms with Crippen molar-refractivity contribution in [3.63, 3.8) is 0 Å². The van der Waals surface area contributed by atoms with Crippen molar-refractivity contribution < 1.29 is 4.92 Å². The van der Waals surface area contributed by atoms with Crippen molar-refractivity contribution in [3.05, 3.63) is 70.3 Å². The molecule has 7 nitrogen and oxygen atoms in total. The van der Waals surface area contributed by atoms with E-state index in [1.807, 2.05) is 57.2 Å². The van der Waals surface area contributed by atoms with Gasteiger partial charge in [0, 0.05) is 28.9 Å². The Morgan fingerprint density at radius 1 is 1.00 bits per heavy atom. The van der Waals surface area contributed by atoms with Crippen molar-refractivity contribution in [3.8, 4) is 11.3 Å². The topological polar surface area (TPSA) is 93.0 Å². The summed E-state index contributed by atoms with van der Waals surface area (Å²) in [4.78, 5) is 20.0. The van der Waals surface area contributed by atoms with Crippen LogP contribution in [0.1, 0.15) is 26.3 Å². The van der Waals surface area contributed by atoms with Gasteiger partial charge in [-0.05, 0) is 33.8 Å². The molecule has 0 atom stereocenters. The van der Waals surface area contributed by atoms with Crippen molar-refractivity contribution in [2.24, 2.45) is 0 Å². The van der Waals surface area contributed by atoms with Crippen molar-refractivity contribution in [2.45, 2.75) is 33.2 Å². The average Bonchev–Trinajstić information content (AvgIpc) is 2.62. The fourth-order valence-corrected chi connectivity index (χ4v) is 2.75. The van der Waals surface area contributed by atoms with E-state index in [1.165, 1.54) is 6.07 Å². The smallest absolute Gasteiger partial charge is 0.274 e. The van der Waals surface area contributed by atoms with Gasteiger partial charge in [0.2, 0.25) is 5.95 Å². The van der Waals surface area contributed by atoms with Gasteiger partial charge in [-0.25, -0.2) is 4.98 Å². The molecule has 2 aromatic carbocycles. The summed E-state index contributed by atoms with van der Waals surface area (Å²) in [7, 11) is 0. The minimum absolute atomic E-state index is 0.0652. The van der Waals surface area contributed by atoms with Crippen LogP contribution in [0, 0.1) is 17.0 Å². The van der Waals surface area contributed by atoms with Crippen LogP contribution in [-0.4, -0.2) is 20.4 Å². The Hall–Kier alpha value is -3.48. The van der Waals surface area contributed by atoms with E-state index in [4.69, 9.17) is 0 Å². The molecule has 0 aliphatic heterocycles. The monoisotopic (exact) mass is 377 g/mol. The van der Waals surface area contributed by atoms with E-state index < -0.39 is 0 Å². The van der Waals surface area contributed by atoms with Crippen LogP contribution < -0.4 is 10.6 Å². The number of nitro groups is 1. The number of hydrogen-bond acceptors (Lipinski definition) is 6. The first kappa shape index (κ1) is 19.3. The molecular weight excluding hydrogens is 354 g/mol. The van der Waals surface area contributed by atoms with Crippen LogP contribution in [-0.2, 0) is 0 Å². The summed E-state index contributed by atoms with van der Waals surface area (Å²) in [5, 5.41) is 17.7. The highest BCUT2D eigenvalue weighted by atomic mass is 16.6. The van der Waals surface area contributed by atoms with Crippen LogP contribution >= 0.6 is 0 Å². The van der Waals surface area contributed by atoms with E-state index in [0.29, 0.717) is 23.0 Å². The Kier molecular flexibility index (Phi) is 5.26. The Bertz CT molecular complexity index is 997. The maximum absolute atomic E-state index is 11.2. The lowest BCUT2D eigenvalue weighted by molar-refractivity contribution is -0.385. The molecule has 144 valence electrons. The first-order chi connectivity index (χ1) is 13.2. The quantitative estimate of drug-likeness (QED) is 0.462. The number of aromatic nitrogens is 2. The molecule has 28 heavy (non-hydrogen) atoms. The Balaban J connectivity index is 2.04. The van der Waals surface area contributed by atoms with Gasteiger partial charge in [0.15, 0.2) is 0 Å². The van der Waals surface area contributed by atoms with Gasteiger partial charge in [0.1, 0.15) is 5.82 Å². The normalized spacial score (nSPS) is 11.1. The largest absolute Gasteiger partial charge is 0.350 e. The zero-order valence-corrected chi connectivity index (χ0v) is 16.4. The van der Waals surface area contributed by atoms with Crippen LogP contribution in [0.4, 0.5) is 23.1 Å². The molecule has 0 aliphatic carbocycles. The van der Waals surface area contributed by atoms with E-state index >= 15 is 0 Å². The summed E-state index contributed by atoms with van der Waals surface area (Å²) in [6.45, 7) is 7.81. The standard InChI is InChI=1S/C21H23N5O2/c1-14-16(11-8-12-18(14)26(27)28)22-19-13-17(15-9-6-5-7-10-15)23-20(24-19)25-21(2,3)4/h5-13H,1-4H3,(H2,22,23,24,25). The Morgan fingerprint density at radius 2 is 1.71 bits per heavy atom. The molecule has 0 fully saturated rings. The molecule has 3 rings (SSSR count). The fourth-order valence-electron chi connectivity index (χ4n) is 2.75. The lowest BCUT2D eigenvalue weighted by atomic mass is 10.1. The second kappa shape index (κ2) is 7.64. The van der Waals surface area contributed by atoms with Gasteiger partial charge in [-0.3, -0.25) is 10.1 Å². The molecule has 0 spiro atoms. The molecule has 0 saturated heterocycles. The van der Waals surface area contributed by atoms with Gasteiger partial charge in [-0.1, -0.05) is 36.4 Å². The summed E-state index contributed by atoms with van der Waals surface area (Å²) >= 11 is 0. The van der Waals surface area contributed by atoms with E-state index in [0.717, 1.165) is 11.3 Å². The van der Waals surface area contributed by atoms with Gasteiger partial charge in [0.05, 0.1) is 16.2 Å². The predicted octanol–water partition coefficient (Wildman–Crippen LogP) is 5.31. The third kappa shape index (κ3) is 4.62. The number of hydrogen-bond donors (Lipinski definition) is 2. The SMILES string of the molecule is Cc1c(Nc2cc(-c3ccccc3)nc(NC(C)(C)C)n2)cccc1[N+](=O)[O-]. The van der Waals surface area contributed by atoms with Crippen molar-refractivity contribution in [1.29, 1.82) is 0 Å². The molecule has 0 unspecified atom stereocenters. The minimum Gasteiger partial charge on any atom is -0.350 e. The van der Waals surface area contributed by atoms with Crippen molar-refractivity contribution in [2.75, 3.05) is 10.6 Å². The van der Waals surface area contributed by atoms with Gasteiger partial charge >= 0.3 is 0 Å².